The summed E-state index contributed by atoms with van der Waals surface area (Å²) < 4.78 is 27.0. The third-order valence-corrected chi connectivity index (χ3v) is 19.4. The van der Waals surface area contributed by atoms with Gasteiger partial charge in [-0.05, 0) is 160 Å². The molecule has 0 bridgehead atoms. The van der Waals surface area contributed by atoms with Crippen LogP contribution in [0.15, 0.2) is 265 Å². The minimum absolute atomic E-state index is 0.0738. The molecule has 14 aromatic rings. The van der Waals surface area contributed by atoms with E-state index in [0.29, 0.717) is 0 Å². The molecule has 1 unspecified atom stereocenters. The Morgan fingerprint density at radius 3 is 1.47 bits per heavy atom. The molecule has 2 aromatic heterocycles. The van der Waals surface area contributed by atoms with Crippen LogP contribution in [-0.2, 0) is 16.2 Å². The van der Waals surface area contributed by atoms with Gasteiger partial charge >= 0.3 is 0 Å². The van der Waals surface area contributed by atoms with E-state index in [0.717, 1.165) is 133 Å². The summed E-state index contributed by atoms with van der Waals surface area (Å²) in [6, 6.07) is 94.1. The van der Waals surface area contributed by atoms with Crippen LogP contribution < -0.4 is 9.80 Å². The summed E-state index contributed by atoms with van der Waals surface area (Å²) in [6.45, 7) is 18.0. The fourth-order valence-electron chi connectivity index (χ4n) is 14.0. The van der Waals surface area contributed by atoms with Crippen LogP contribution in [0.2, 0.25) is 0 Å². The molecule has 0 amide bonds. The van der Waals surface area contributed by atoms with Crippen LogP contribution in [-0.4, -0.2) is 0 Å². The Morgan fingerprint density at radius 1 is 0.409 bits per heavy atom. The van der Waals surface area contributed by atoms with Gasteiger partial charge in [0.15, 0.2) is 0 Å². The molecule has 0 radical (unpaired) electrons. The molecule has 0 saturated heterocycles. The van der Waals surface area contributed by atoms with Crippen molar-refractivity contribution in [1.29, 1.82) is 0 Å². The lowest BCUT2D eigenvalue weighted by molar-refractivity contribution is 0.590. The maximum absolute atomic E-state index is 17.0. The standard InChI is InChI=1S/C83H67FN2OS/c1-52-35-45-69(65(47-52)54-23-12-9-13-24-54)85(61-41-37-56(38-42-61)81(3,4)5)71-50-68-78(79-75(71)63-31-18-20-33-73(63)87-79)77-67(83(68,58-27-16-11-17-28-58)59-29-22-30-60(84)49-59)51-72(80-76(77)64-32-19-21-34-74(64)88-80)86(62-43-39-57(40-44-62)82(6,7)8)70-46-36-53(2)48-66(70)55-25-14-10-15-26-55/h9-51H,1-8H3. The highest BCUT2D eigenvalue weighted by atomic mass is 32.1. The van der Waals surface area contributed by atoms with Crippen LogP contribution >= 0.6 is 11.3 Å². The molecule has 3 nitrogen and oxygen atoms in total. The van der Waals surface area contributed by atoms with Gasteiger partial charge in [-0.1, -0.05) is 229 Å². The summed E-state index contributed by atoms with van der Waals surface area (Å²) in [6.07, 6.45) is 0. The Bertz CT molecular complexity index is 5010. The van der Waals surface area contributed by atoms with Crippen LogP contribution in [0.5, 0.6) is 0 Å². The molecule has 1 aliphatic rings. The highest BCUT2D eigenvalue weighted by Crippen LogP contribution is 2.65. The smallest absolute Gasteiger partial charge is 0.145 e. The lowest BCUT2D eigenvalue weighted by Crippen LogP contribution is -2.29. The Morgan fingerprint density at radius 2 is 0.898 bits per heavy atom. The summed E-state index contributed by atoms with van der Waals surface area (Å²) >= 11 is 1.83. The van der Waals surface area contributed by atoms with Crippen LogP contribution in [0, 0.1) is 19.7 Å². The molecule has 1 aliphatic carbocycles. The normalized spacial score (nSPS) is 14.0. The highest BCUT2D eigenvalue weighted by molar-refractivity contribution is 7.26. The Hall–Kier alpha value is -9.81. The maximum Gasteiger partial charge on any atom is 0.145 e. The van der Waals surface area contributed by atoms with E-state index in [1.807, 2.05) is 17.4 Å². The van der Waals surface area contributed by atoms with Gasteiger partial charge in [0.25, 0.3) is 0 Å². The van der Waals surface area contributed by atoms with Gasteiger partial charge in [0.05, 0.1) is 38.3 Å². The van der Waals surface area contributed by atoms with Crippen molar-refractivity contribution in [2.24, 2.45) is 0 Å². The zero-order valence-electron chi connectivity index (χ0n) is 50.9. The van der Waals surface area contributed by atoms with Crippen molar-refractivity contribution in [3.63, 3.8) is 0 Å². The number of nitrogens with zero attached hydrogens (tertiary/aromatic N) is 2. The van der Waals surface area contributed by atoms with E-state index >= 15 is 4.39 Å². The molecule has 0 N–H and O–H groups in total. The van der Waals surface area contributed by atoms with Crippen LogP contribution in [0.25, 0.3) is 75.5 Å². The van der Waals surface area contributed by atoms with E-state index in [4.69, 9.17) is 4.42 Å². The molecule has 0 fully saturated rings. The molecule has 2 heterocycles. The number of thiophene rings is 1. The van der Waals surface area contributed by atoms with Gasteiger partial charge < -0.3 is 14.2 Å². The van der Waals surface area contributed by atoms with Crippen molar-refractivity contribution in [2.75, 3.05) is 9.80 Å². The lowest BCUT2D eigenvalue weighted by Gasteiger charge is -2.36. The average molecular weight is 1160 g/mol. The van der Waals surface area contributed by atoms with Gasteiger partial charge in [0, 0.05) is 48.9 Å². The van der Waals surface area contributed by atoms with Gasteiger partial charge in [-0.3, -0.25) is 0 Å². The van der Waals surface area contributed by atoms with Crippen molar-refractivity contribution in [1.82, 2.24) is 0 Å². The number of furan rings is 1. The Kier molecular flexibility index (Phi) is 13.1. The van der Waals surface area contributed by atoms with E-state index in [1.165, 1.54) is 21.4 Å². The molecule has 88 heavy (non-hydrogen) atoms. The number of benzene rings is 12. The van der Waals surface area contributed by atoms with Crippen molar-refractivity contribution in [2.45, 2.75) is 71.6 Å². The molecule has 0 aliphatic heterocycles. The minimum Gasteiger partial charge on any atom is -0.455 e. The Balaban J connectivity index is 1.15. The topological polar surface area (TPSA) is 19.6 Å². The Labute approximate surface area is 519 Å². The second-order valence-corrected chi connectivity index (χ2v) is 27.0. The molecular formula is C83H67FN2OS. The molecule has 0 saturated carbocycles. The second kappa shape index (κ2) is 21.0. The number of aryl methyl sites for hydroxylation is 2. The first-order valence-corrected chi connectivity index (χ1v) is 31.4. The van der Waals surface area contributed by atoms with Gasteiger partial charge in [-0.25, -0.2) is 4.39 Å². The fourth-order valence-corrected chi connectivity index (χ4v) is 15.2. The van der Waals surface area contributed by atoms with E-state index in [2.05, 4.69) is 308 Å². The minimum atomic E-state index is -1.14. The predicted octanol–water partition coefficient (Wildman–Crippen LogP) is 23.9. The lowest BCUT2D eigenvalue weighted by atomic mass is 9.67. The number of halogens is 1. The van der Waals surface area contributed by atoms with Gasteiger partial charge in [0.1, 0.15) is 17.0 Å². The number of para-hydroxylation sites is 1. The molecule has 5 heteroatoms. The largest absolute Gasteiger partial charge is 0.455 e. The summed E-state index contributed by atoms with van der Waals surface area (Å²) in [5, 5.41) is 4.27. The maximum atomic E-state index is 17.0. The number of hydrogen-bond donors (Lipinski definition) is 0. The second-order valence-electron chi connectivity index (χ2n) is 25.9. The summed E-state index contributed by atoms with van der Waals surface area (Å²) in [4.78, 5) is 4.97. The average Bonchev–Trinajstić information content (AvgIpc) is 1.50. The first kappa shape index (κ1) is 54.8. The van der Waals surface area contributed by atoms with Crippen LogP contribution in [0.1, 0.15) is 86.1 Å². The molecular weight excluding hydrogens is 1090 g/mol. The van der Waals surface area contributed by atoms with Crippen molar-refractivity contribution < 1.29 is 8.81 Å². The van der Waals surface area contributed by atoms with Gasteiger partial charge in [-0.15, -0.1) is 11.3 Å². The third kappa shape index (κ3) is 8.88. The van der Waals surface area contributed by atoms with E-state index in [9.17, 15) is 0 Å². The quantitative estimate of drug-likeness (QED) is 0.136. The molecule has 0 spiro atoms. The van der Waals surface area contributed by atoms with Crippen molar-refractivity contribution in [3.05, 3.63) is 311 Å². The first-order chi connectivity index (χ1) is 42.6. The molecule has 1 atom stereocenters. The van der Waals surface area contributed by atoms with E-state index < -0.39 is 5.41 Å². The van der Waals surface area contributed by atoms with Crippen LogP contribution in [0.4, 0.5) is 38.5 Å². The van der Waals surface area contributed by atoms with E-state index in [-0.39, 0.29) is 16.6 Å². The third-order valence-electron chi connectivity index (χ3n) is 18.2. The molecule has 15 rings (SSSR count). The van der Waals surface area contributed by atoms with Gasteiger partial charge in [0.2, 0.25) is 0 Å². The van der Waals surface area contributed by atoms with E-state index in [1.54, 1.807) is 12.1 Å². The predicted molar refractivity (Wildman–Crippen MR) is 371 cm³/mol. The summed E-state index contributed by atoms with van der Waals surface area (Å²) in [7, 11) is 0. The number of anilines is 6. The first-order valence-electron chi connectivity index (χ1n) is 30.6. The zero-order chi connectivity index (χ0) is 60.2. The zero-order valence-corrected chi connectivity index (χ0v) is 51.7. The summed E-state index contributed by atoms with van der Waals surface area (Å²) in [5.74, 6) is -0.310. The number of fused-ring (bicyclic) bond motifs is 11. The molecule has 12 aromatic carbocycles. The number of hydrogen-bond acceptors (Lipinski definition) is 4. The van der Waals surface area contributed by atoms with Crippen molar-refractivity contribution in [3.8, 4) is 33.4 Å². The van der Waals surface area contributed by atoms with Crippen LogP contribution in [0.3, 0.4) is 0 Å². The fraction of sp³-hybridized carbons (Fsp3) is 0.133. The monoisotopic (exact) mass is 1160 g/mol. The summed E-state index contributed by atoms with van der Waals surface area (Å²) in [5.41, 5.74) is 21.5. The highest BCUT2D eigenvalue weighted by Gasteiger charge is 2.50. The van der Waals surface area contributed by atoms with Crippen molar-refractivity contribution >= 4 is 87.6 Å². The van der Waals surface area contributed by atoms with Gasteiger partial charge in [-0.2, -0.15) is 0 Å². The molecule has 428 valence electrons. The number of rotatable bonds is 10. The SMILES string of the molecule is Cc1ccc(N(c2ccc(C(C)(C)C)cc2)c2cc3c(c4c2sc2ccccc24)-c2c(cc(N(c4ccc(C(C)(C)C)cc4)c4ccc(C)cc4-c4ccccc4)c4c2oc2ccccc24)C3(c2ccccc2)c2cccc(F)c2)c(-c2ccccc2)c1.